The number of hydrogen-bond acceptors (Lipinski definition) is 5. The predicted octanol–water partition coefficient (Wildman–Crippen LogP) is 1.35. The van der Waals surface area contributed by atoms with E-state index in [9.17, 15) is 8.42 Å². The van der Waals surface area contributed by atoms with Gasteiger partial charge in [0.1, 0.15) is 11.6 Å². The minimum absolute atomic E-state index is 0.0173. The maximum Gasteiger partial charge on any atom is 0.276 e. The molecule has 1 saturated carbocycles. The van der Waals surface area contributed by atoms with E-state index in [-0.39, 0.29) is 11.5 Å². The summed E-state index contributed by atoms with van der Waals surface area (Å²) >= 11 is 0. The lowest BCUT2D eigenvalue weighted by Gasteiger charge is -2.60. The van der Waals surface area contributed by atoms with Crippen molar-refractivity contribution < 1.29 is 8.42 Å². The van der Waals surface area contributed by atoms with Crippen LogP contribution in [0.4, 0.5) is 5.82 Å². The van der Waals surface area contributed by atoms with E-state index in [2.05, 4.69) is 40.0 Å². The molecule has 1 aromatic carbocycles. The first-order valence-corrected chi connectivity index (χ1v) is 9.93. The third-order valence-electron chi connectivity index (χ3n) is 5.55. The Bertz CT molecular complexity index is 940. The summed E-state index contributed by atoms with van der Waals surface area (Å²) in [4.78, 5) is 11.5. The second-order valence-corrected chi connectivity index (χ2v) is 9.20. The van der Waals surface area contributed by atoms with E-state index in [1.807, 2.05) is 6.92 Å². The molecule has 4 rings (SSSR count). The molecule has 25 heavy (non-hydrogen) atoms. The zero-order valence-corrected chi connectivity index (χ0v) is 15.5. The fourth-order valence-electron chi connectivity index (χ4n) is 4.15. The molecule has 1 aliphatic carbocycles. The summed E-state index contributed by atoms with van der Waals surface area (Å²) in [6, 6.07) is 6.27. The van der Waals surface area contributed by atoms with Gasteiger partial charge in [-0.25, -0.2) is 15.1 Å². The monoisotopic (exact) mass is 361 g/mol. The second-order valence-electron chi connectivity index (χ2n) is 7.59. The zero-order valence-electron chi connectivity index (χ0n) is 14.7. The van der Waals surface area contributed by atoms with E-state index in [1.54, 1.807) is 7.05 Å². The van der Waals surface area contributed by atoms with Crippen LogP contribution >= 0.6 is 0 Å². The lowest BCUT2D eigenvalue weighted by atomic mass is 9.60. The van der Waals surface area contributed by atoms with Crippen molar-refractivity contribution in [3.05, 3.63) is 29.6 Å². The third kappa shape index (κ3) is 2.78. The molecule has 0 bridgehead atoms. The summed E-state index contributed by atoms with van der Waals surface area (Å²) in [7, 11) is -2.04. The average Bonchev–Trinajstić information content (AvgIpc) is 2.42. The van der Waals surface area contributed by atoms with Crippen molar-refractivity contribution in [2.24, 2.45) is 10.6 Å². The van der Waals surface area contributed by atoms with Crippen LogP contribution in [0.25, 0.3) is 10.9 Å². The first-order valence-electron chi connectivity index (χ1n) is 8.43. The predicted molar refractivity (Wildman–Crippen MR) is 97.6 cm³/mol. The van der Waals surface area contributed by atoms with Gasteiger partial charge in [-0.15, -0.1) is 0 Å². The number of fused-ring (bicyclic) bond motifs is 1. The van der Waals surface area contributed by atoms with Crippen LogP contribution in [0.2, 0.25) is 0 Å². The number of benzene rings is 1. The van der Waals surface area contributed by atoms with Crippen LogP contribution in [-0.4, -0.2) is 48.9 Å². The van der Waals surface area contributed by atoms with Crippen molar-refractivity contribution in [1.29, 1.82) is 0 Å². The lowest BCUT2D eigenvalue weighted by Crippen LogP contribution is -2.67. The molecule has 2 heterocycles. The number of hydrogen-bond donors (Lipinski definition) is 1. The lowest BCUT2D eigenvalue weighted by molar-refractivity contribution is 0.0207. The van der Waals surface area contributed by atoms with Gasteiger partial charge in [-0.05, 0) is 44.4 Å². The number of rotatable bonds is 3. The molecule has 2 N–H and O–H groups in total. The van der Waals surface area contributed by atoms with E-state index >= 15 is 0 Å². The summed E-state index contributed by atoms with van der Waals surface area (Å²) in [6.45, 7) is 5.79. The molecule has 2 aromatic rings. The fraction of sp³-hybridized carbons (Fsp3) is 0.529. The highest BCUT2D eigenvalue weighted by Crippen LogP contribution is 2.51. The van der Waals surface area contributed by atoms with Gasteiger partial charge in [-0.3, -0.25) is 0 Å². The first kappa shape index (κ1) is 16.7. The Labute approximate surface area is 148 Å². The standard InChI is InChI=1S/C17H23N5O2S/c1-11-4-5-14-15(6-11)19-12(2)20-16(14)22-9-17(10-22)7-13(8-17)21(3)25(18,23)24/h4-6,13H,7-10H2,1-3H3,(H2,18,23,24). The topological polar surface area (TPSA) is 92.4 Å². The maximum atomic E-state index is 11.5. The molecule has 8 heteroatoms. The minimum Gasteiger partial charge on any atom is -0.355 e. The van der Waals surface area contributed by atoms with Crippen LogP contribution in [0.3, 0.4) is 0 Å². The van der Waals surface area contributed by atoms with Gasteiger partial charge in [-0.1, -0.05) is 6.07 Å². The zero-order chi connectivity index (χ0) is 18.0. The number of aryl methyl sites for hydroxylation is 2. The fourth-order valence-corrected chi connectivity index (χ4v) is 4.72. The largest absolute Gasteiger partial charge is 0.355 e. The van der Waals surface area contributed by atoms with Gasteiger partial charge in [0.15, 0.2) is 0 Å². The van der Waals surface area contributed by atoms with Crippen molar-refractivity contribution in [3.63, 3.8) is 0 Å². The highest BCUT2D eigenvalue weighted by atomic mass is 32.2. The van der Waals surface area contributed by atoms with Crippen LogP contribution < -0.4 is 10.0 Å². The third-order valence-corrected chi connectivity index (χ3v) is 6.65. The molecule has 2 fully saturated rings. The minimum atomic E-state index is -3.60. The van der Waals surface area contributed by atoms with Crippen molar-refractivity contribution in [3.8, 4) is 0 Å². The molecule has 1 aliphatic heterocycles. The highest BCUT2D eigenvalue weighted by Gasteiger charge is 2.55. The van der Waals surface area contributed by atoms with Gasteiger partial charge in [0, 0.05) is 37.0 Å². The van der Waals surface area contributed by atoms with Gasteiger partial charge in [0.05, 0.1) is 5.52 Å². The molecular weight excluding hydrogens is 338 g/mol. The smallest absolute Gasteiger partial charge is 0.276 e. The number of anilines is 1. The summed E-state index contributed by atoms with van der Waals surface area (Å²) in [5, 5.41) is 6.29. The molecular formula is C17H23N5O2S. The van der Waals surface area contributed by atoms with Crippen molar-refractivity contribution in [2.75, 3.05) is 25.0 Å². The molecule has 7 nitrogen and oxygen atoms in total. The van der Waals surface area contributed by atoms with Crippen LogP contribution in [-0.2, 0) is 10.2 Å². The molecule has 0 atom stereocenters. The molecule has 1 saturated heterocycles. The molecule has 0 amide bonds. The average molecular weight is 361 g/mol. The molecule has 1 aromatic heterocycles. The molecule has 2 aliphatic rings. The first-order chi connectivity index (χ1) is 11.7. The quantitative estimate of drug-likeness (QED) is 0.891. The Kier molecular flexibility index (Phi) is 3.58. The van der Waals surface area contributed by atoms with Crippen molar-refractivity contribution >= 4 is 26.9 Å². The van der Waals surface area contributed by atoms with Gasteiger partial charge in [0.2, 0.25) is 0 Å². The summed E-state index contributed by atoms with van der Waals surface area (Å²) < 4.78 is 24.2. The van der Waals surface area contributed by atoms with Crippen molar-refractivity contribution in [1.82, 2.24) is 14.3 Å². The van der Waals surface area contributed by atoms with E-state index in [1.165, 1.54) is 9.87 Å². The molecule has 1 spiro atoms. The highest BCUT2D eigenvalue weighted by molar-refractivity contribution is 7.86. The van der Waals surface area contributed by atoms with E-state index in [0.29, 0.717) is 0 Å². The van der Waals surface area contributed by atoms with E-state index in [0.717, 1.165) is 48.5 Å². The number of nitrogens with zero attached hydrogens (tertiary/aromatic N) is 4. The number of aromatic nitrogens is 2. The van der Waals surface area contributed by atoms with Crippen LogP contribution in [0.5, 0.6) is 0 Å². The Morgan fingerprint density at radius 3 is 2.56 bits per heavy atom. The Balaban J connectivity index is 1.51. The van der Waals surface area contributed by atoms with Gasteiger partial charge < -0.3 is 4.90 Å². The van der Waals surface area contributed by atoms with Gasteiger partial charge in [0.25, 0.3) is 10.2 Å². The second kappa shape index (κ2) is 5.36. The summed E-state index contributed by atoms with van der Waals surface area (Å²) in [6.07, 6.45) is 1.72. The number of nitrogens with two attached hydrogens (primary N) is 1. The van der Waals surface area contributed by atoms with Crippen LogP contribution in [0, 0.1) is 19.3 Å². The van der Waals surface area contributed by atoms with E-state index in [4.69, 9.17) is 5.14 Å². The van der Waals surface area contributed by atoms with Crippen LogP contribution in [0.15, 0.2) is 18.2 Å². The Hall–Kier alpha value is -1.77. The maximum absolute atomic E-state index is 11.5. The Morgan fingerprint density at radius 2 is 1.92 bits per heavy atom. The SMILES string of the molecule is Cc1ccc2c(N3CC4(CC(N(C)S(N)(=O)=O)C4)C3)nc(C)nc2c1. The molecule has 134 valence electrons. The molecule has 0 radical (unpaired) electrons. The summed E-state index contributed by atoms with van der Waals surface area (Å²) in [5.41, 5.74) is 2.35. The van der Waals surface area contributed by atoms with Crippen molar-refractivity contribution in [2.45, 2.75) is 32.7 Å². The van der Waals surface area contributed by atoms with E-state index < -0.39 is 10.2 Å². The van der Waals surface area contributed by atoms with Gasteiger partial charge in [-0.2, -0.15) is 12.7 Å². The van der Waals surface area contributed by atoms with Crippen LogP contribution in [0.1, 0.15) is 24.2 Å². The van der Waals surface area contributed by atoms with Gasteiger partial charge >= 0.3 is 0 Å². The Morgan fingerprint density at radius 1 is 1.24 bits per heavy atom. The molecule has 0 unspecified atom stereocenters. The summed E-state index contributed by atoms with van der Waals surface area (Å²) in [5.74, 6) is 1.76. The normalized spacial score (nSPS) is 20.1.